The van der Waals surface area contributed by atoms with Gasteiger partial charge in [0.25, 0.3) is 0 Å². The Morgan fingerprint density at radius 1 is 1.10 bits per heavy atom. The molecule has 1 N–H and O–H groups in total. The van der Waals surface area contributed by atoms with Gasteiger partial charge >= 0.3 is 0 Å². The van der Waals surface area contributed by atoms with Crippen LogP contribution in [-0.2, 0) is 17.4 Å². The molecule has 0 unspecified atom stereocenters. The van der Waals surface area contributed by atoms with Crippen LogP contribution < -0.4 is 14.2 Å². The van der Waals surface area contributed by atoms with Crippen molar-refractivity contribution >= 4 is 22.2 Å². The van der Waals surface area contributed by atoms with E-state index in [2.05, 4.69) is 19.7 Å². The van der Waals surface area contributed by atoms with Crippen LogP contribution in [0.1, 0.15) is 11.5 Å². The van der Waals surface area contributed by atoms with Crippen molar-refractivity contribution in [3.05, 3.63) is 48.0 Å². The molecule has 4 aromatic rings. The van der Waals surface area contributed by atoms with Crippen molar-refractivity contribution in [2.24, 2.45) is 0 Å². The third-order valence-electron chi connectivity index (χ3n) is 4.40. The zero-order valence-electron chi connectivity index (χ0n) is 16.4. The first-order chi connectivity index (χ1) is 14.5. The number of benzene rings is 1. The normalized spacial score (nSPS) is 11.3. The minimum atomic E-state index is -2.76. The van der Waals surface area contributed by atoms with Gasteiger partial charge in [-0.25, -0.2) is 28.1 Å². The number of fused-ring (bicyclic) bond motifs is 1. The Morgan fingerprint density at radius 2 is 1.83 bits per heavy atom. The van der Waals surface area contributed by atoms with Crippen molar-refractivity contribution < 1.29 is 22.3 Å². The van der Waals surface area contributed by atoms with Gasteiger partial charge in [-0.3, -0.25) is 4.57 Å². The van der Waals surface area contributed by atoms with E-state index in [9.17, 15) is 8.42 Å². The zero-order valence-corrected chi connectivity index (χ0v) is 17.3. The number of nitrogens with zero attached hydrogens (tertiary/aromatic N) is 4. The minimum Gasteiger partial charge on any atom is -0.494 e. The van der Waals surface area contributed by atoms with Gasteiger partial charge in [-0.15, -0.1) is 0 Å². The molecule has 0 aliphatic heterocycles. The molecular formula is C19H19N5O5S. The first-order valence-electron chi connectivity index (χ1n) is 8.92. The van der Waals surface area contributed by atoms with Crippen molar-refractivity contribution in [3.8, 4) is 28.8 Å². The summed E-state index contributed by atoms with van der Waals surface area (Å²) in [5.74, 6) is 2.77. The van der Waals surface area contributed by atoms with Gasteiger partial charge in [0.05, 0.1) is 32.7 Å². The first-order valence-corrected chi connectivity index (χ1v) is 10.1. The number of para-hydroxylation sites is 1. The molecule has 0 aliphatic rings. The summed E-state index contributed by atoms with van der Waals surface area (Å²) in [5.41, 5.74) is 1.77. The number of aryl methyl sites for hydroxylation is 1. The Hall–Kier alpha value is -3.44. The van der Waals surface area contributed by atoms with Gasteiger partial charge in [0.1, 0.15) is 22.9 Å². The SMILES string of the molecule is COc1cccc(OC)c1-n1c(-c2ccc(C)o2)nc2ncc(CN[SH](=O)=O)nc21. The Labute approximate surface area is 173 Å². The molecule has 0 fully saturated rings. The van der Waals surface area contributed by atoms with Gasteiger partial charge in [0.15, 0.2) is 22.9 Å². The zero-order chi connectivity index (χ0) is 21.3. The second kappa shape index (κ2) is 8.13. The number of aromatic nitrogens is 4. The van der Waals surface area contributed by atoms with Gasteiger partial charge < -0.3 is 13.9 Å². The number of nitrogens with one attached hydrogen (secondary N) is 1. The highest BCUT2D eigenvalue weighted by molar-refractivity contribution is 7.70. The lowest BCUT2D eigenvalue weighted by molar-refractivity contribution is 0.391. The van der Waals surface area contributed by atoms with E-state index >= 15 is 0 Å². The Kier molecular flexibility index (Phi) is 5.38. The molecule has 30 heavy (non-hydrogen) atoms. The molecule has 0 saturated heterocycles. The lowest BCUT2D eigenvalue weighted by atomic mass is 10.2. The summed E-state index contributed by atoms with van der Waals surface area (Å²) < 4.78 is 42.8. The van der Waals surface area contributed by atoms with Crippen LogP contribution in [0.5, 0.6) is 11.5 Å². The largest absolute Gasteiger partial charge is 0.494 e. The summed E-state index contributed by atoms with van der Waals surface area (Å²) in [6.07, 6.45) is 1.47. The number of hydrogen-bond acceptors (Lipinski definition) is 8. The molecule has 0 saturated carbocycles. The molecule has 11 heteroatoms. The second-order valence-electron chi connectivity index (χ2n) is 6.29. The van der Waals surface area contributed by atoms with Crippen LogP contribution in [0.2, 0.25) is 0 Å². The fourth-order valence-electron chi connectivity index (χ4n) is 3.10. The molecule has 0 radical (unpaired) electrons. The maximum atomic E-state index is 10.9. The number of thiol groups is 1. The molecule has 10 nitrogen and oxygen atoms in total. The highest BCUT2D eigenvalue weighted by atomic mass is 32.2. The second-order valence-corrected chi connectivity index (χ2v) is 7.12. The van der Waals surface area contributed by atoms with Crippen LogP contribution in [0.4, 0.5) is 0 Å². The monoisotopic (exact) mass is 429 g/mol. The highest BCUT2D eigenvalue weighted by Gasteiger charge is 2.24. The standard InChI is InChI=1S/C19H19N5O5S/c1-11-7-8-15(29-11)18-23-17-19(22-12(9-20-17)10-21-30(25)26)24(18)16-13(27-2)5-4-6-14(16)28-3/h4-9,30H,10H2,1-3H3,(H,21,25,26). The Bertz CT molecular complexity index is 1260. The van der Waals surface area contributed by atoms with Crippen LogP contribution in [0.15, 0.2) is 40.9 Å². The van der Waals surface area contributed by atoms with Gasteiger partial charge in [-0.05, 0) is 31.2 Å². The van der Waals surface area contributed by atoms with E-state index in [-0.39, 0.29) is 6.54 Å². The summed E-state index contributed by atoms with van der Waals surface area (Å²) in [5, 5.41) is 0. The molecule has 4 rings (SSSR count). The quantitative estimate of drug-likeness (QED) is 0.428. The smallest absolute Gasteiger partial charge is 0.201 e. The van der Waals surface area contributed by atoms with E-state index in [0.29, 0.717) is 45.8 Å². The van der Waals surface area contributed by atoms with E-state index in [1.54, 1.807) is 37.0 Å². The summed E-state index contributed by atoms with van der Waals surface area (Å²) in [6.45, 7) is 1.84. The van der Waals surface area contributed by atoms with Crippen LogP contribution >= 0.6 is 0 Å². The molecule has 0 amide bonds. The molecular weight excluding hydrogens is 410 g/mol. The first kappa shape index (κ1) is 19.9. The predicted octanol–water partition coefficient (Wildman–Crippen LogP) is 2.02. The third-order valence-corrected chi connectivity index (χ3v) is 4.81. The fourth-order valence-corrected chi connectivity index (χ4v) is 3.39. The van der Waals surface area contributed by atoms with Crippen LogP contribution in [0.3, 0.4) is 0 Å². The fraction of sp³-hybridized carbons (Fsp3) is 0.211. The van der Waals surface area contributed by atoms with Crippen LogP contribution in [0, 0.1) is 6.92 Å². The van der Waals surface area contributed by atoms with Crippen LogP contribution in [0.25, 0.3) is 28.6 Å². The minimum absolute atomic E-state index is 0.00504. The molecule has 0 aliphatic carbocycles. The maximum Gasteiger partial charge on any atom is 0.201 e. The van der Waals surface area contributed by atoms with Gasteiger partial charge in [-0.1, -0.05) is 6.07 Å². The topological polar surface area (TPSA) is 121 Å². The van der Waals surface area contributed by atoms with Gasteiger partial charge in [0, 0.05) is 0 Å². The van der Waals surface area contributed by atoms with Crippen molar-refractivity contribution in [3.63, 3.8) is 0 Å². The van der Waals surface area contributed by atoms with E-state index in [1.165, 1.54) is 6.20 Å². The van der Waals surface area contributed by atoms with E-state index in [4.69, 9.17) is 13.9 Å². The molecule has 156 valence electrons. The summed E-state index contributed by atoms with van der Waals surface area (Å²) in [6, 6.07) is 9.03. The van der Waals surface area contributed by atoms with E-state index < -0.39 is 10.9 Å². The predicted molar refractivity (Wildman–Crippen MR) is 109 cm³/mol. The molecule has 0 atom stereocenters. The number of ether oxygens (including phenoxy) is 2. The molecule has 3 aromatic heterocycles. The van der Waals surface area contributed by atoms with Gasteiger partial charge in [-0.2, -0.15) is 0 Å². The Balaban J connectivity index is 2.03. The Morgan fingerprint density at radius 3 is 2.43 bits per heavy atom. The summed E-state index contributed by atoms with van der Waals surface area (Å²) in [4.78, 5) is 13.5. The number of methoxy groups -OCH3 is 2. The molecule has 0 spiro atoms. The summed E-state index contributed by atoms with van der Waals surface area (Å²) >= 11 is 0. The number of hydrogen-bond donors (Lipinski definition) is 2. The average molecular weight is 429 g/mol. The van der Waals surface area contributed by atoms with Gasteiger partial charge in [0.2, 0.25) is 10.9 Å². The highest BCUT2D eigenvalue weighted by Crippen LogP contribution is 2.38. The summed E-state index contributed by atoms with van der Waals surface area (Å²) in [7, 11) is 0.353. The van der Waals surface area contributed by atoms with Crippen molar-refractivity contribution in [1.29, 1.82) is 0 Å². The lowest BCUT2D eigenvalue weighted by Crippen LogP contribution is -2.12. The molecule has 0 bridgehead atoms. The molecule has 3 heterocycles. The van der Waals surface area contributed by atoms with E-state index in [0.717, 1.165) is 5.76 Å². The number of imidazole rings is 1. The average Bonchev–Trinajstić information content (AvgIpc) is 3.34. The van der Waals surface area contributed by atoms with E-state index in [1.807, 2.05) is 19.1 Å². The van der Waals surface area contributed by atoms with Crippen molar-refractivity contribution in [2.45, 2.75) is 13.5 Å². The number of rotatable bonds is 7. The number of furan rings is 1. The molecule has 1 aromatic carbocycles. The third kappa shape index (κ3) is 3.60. The van der Waals surface area contributed by atoms with Crippen LogP contribution in [-0.4, -0.2) is 42.2 Å². The van der Waals surface area contributed by atoms with Crippen molar-refractivity contribution in [2.75, 3.05) is 14.2 Å². The maximum absolute atomic E-state index is 10.9. The lowest BCUT2D eigenvalue weighted by Gasteiger charge is -2.15. The van der Waals surface area contributed by atoms with Crippen molar-refractivity contribution in [1.82, 2.24) is 24.2 Å².